The summed E-state index contributed by atoms with van der Waals surface area (Å²) < 4.78 is 19.8. The number of rotatable bonds is 5. The summed E-state index contributed by atoms with van der Waals surface area (Å²) in [6.45, 7) is 2.08. The van der Waals surface area contributed by atoms with Gasteiger partial charge in [0.05, 0.1) is 28.4 Å². The predicted octanol–water partition coefficient (Wildman–Crippen LogP) is 5.02. The van der Waals surface area contributed by atoms with E-state index in [-0.39, 0.29) is 11.0 Å². The third kappa shape index (κ3) is 3.25. The van der Waals surface area contributed by atoms with Crippen molar-refractivity contribution in [1.29, 1.82) is 0 Å². The Kier molecular flexibility index (Phi) is 5.06. The van der Waals surface area contributed by atoms with Crippen molar-refractivity contribution in [2.75, 3.05) is 7.11 Å². The van der Waals surface area contributed by atoms with Crippen molar-refractivity contribution >= 4 is 22.9 Å². The number of benzene rings is 1. The molecule has 4 nitrogen and oxygen atoms in total. The van der Waals surface area contributed by atoms with Crippen LogP contribution in [-0.4, -0.2) is 22.1 Å². The lowest BCUT2D eigenvalue weighted by molar-refractivity contribution is 0.387. The number of hydrogen-bond acceptors (Lipinski definition) is 5. The first-order chi connectivity index (χ1) is 11.6. The summed E-state index contributed by atoms with van der Waals surface area (Å²) in [5.74, 6) is -0.251. The van der Waals surface area contributed by atoms with Crippen LogP contribution in [0.5, 0.6) is 5.75 Å². The molecule has 3 aromatic rings. The van der Waals surface area contributed by atoms with E-state index in [1.54, 1.807) is 30.5 Å². The smallest absolute Gasteiger partial charge is 0.222 e. The Morgan fingerprint density at radius 3 is 2.79 bits per heavy atom. The molecule has 0 aliphatic carbocycles. The van der Waals surface area contributed by atoms with Crippen molar-refractivity contribution in [3.05, 3.63) is 46.6 Å². The Hall–Kier alpha value is -2.05. The van der Waals surface area contributed by atoms with Crippen LogP contribution in [0.25, 0.3) is 21.8 Å². The first-order valence-corrected chi connectivity index (χ1v) is 8.65. The van der Waals surface area contributed by atoms with Crippen molar-refractivity contribution in [2.24, 2.45) is 0 Å². The number of thiazole rings is 1. The van der Waals surface area contributed by atoms with E-state index < -0.39 is 5.82 Å². The van der Waals surface area contributed by atoms with Gasteiger partial charge in [-0.1, -0.05) is 13.0 Å². The molecule has 24 heavy (non-hydrogen) atoms. The standard InChI is InChI=1S/C17H15ClFN3OS/c1-3-5-13-22-15(10-6-4-7-12(23-2)14(10)19)16(24-13)11-8-9-20-17(18)21-11/h4,6-9H,3,5H2,1-2H3. The molecule has 0 unspecified atom stereocenters. The van der Waals surface area contributed by atoms with Gasteiger partial charge in [-0.15, -0.1) is 11.3 Å². The molecule has 0 atom stereocenters. The molecule has 0 saturated carbocycles. The highest BCUT2D eigenvalue weighted by Crippen LogP contribution is 2.39. The molecule has 0 spiro atoms. The van der Waals surface area contributed by atoms with E-state index >= 15 is 0 Å². The second-order valence-corrected chi connectivity index (χ2v) is 6.49. The number of nitrogens with zero attached hydrogens (tertiary/aromatic N) is 3. The minimum absolute atomic E-state index is 0.148. The van der Waals surface area contributed by atoms with E-state index in [4.69, 9.17) is 16.3 Å². The van der Waals surface area contributed by atoms with Gasteiger partial charge in [-0.3, -0.25) is 0 Å². The maximum atomic E-state index is 14.7. The molecule has 0 aliphatic heterocycles. The predicted molar refractivity (Wildman–Crippen MR) is 94.1 cm³/mol. The van der Waals surface area contributed by atoms with Gasteiger partial charge in [0.1, 0.15) is 0 Å². The summed E-state index contributed by atoms with van der Waals surface area (Å²) >= 11 is 7.40. The van der Waals surface area contributed by atoms with Gasteiger partial charge in [-0.2, -0.15) is 0 Å². The van der Waals surface area contributed by atoms with E-state index in [1.807, 2.05) is 0 Å². The van der Waals surface area contributed by atoms with Crippen LogP contribution in [-0.2, 0) is 6.42 Å². The first-order valence-electron chi connectivity index (χ1n) is 7.45. The van der Waals surface area contributed by atoms with Crippen LogP contribution in [0, 0.1) is 5.82 Å². The average Bonchev–Trinajstić information content (AvgIpc) is 2.99. The Balaban J connectivity index is 2.20. The highest BCUT2D eigenvalue weighted by Gasteiger charge is 2.20. The van der Waals surface area contributed by atoms with Crippen LogP contribution in [0.2, 0.25) is 5.28 Å². The summed E-state index contributed by atoms with van der Waals surface area (Å²) in [6, 6.07) is 6.76. The molecule has 0 N–H and O–H groups in total. The topological polar surface area (TPSA) is 47.9 Å². The van der Waals surface area contributed by atoms with E-state index in [0.29, 0.717) is 17.0 Å². The van der Waals surface area contributed by atoms with Crippen LogP contribution in [0.15, 0.2) is 30.5 Å². The van der Waals surface area contributed by atoms with Gasteiger partial charge >= 0.3 is 0 Å². The van der Waals surface area contributed by atoms with Crippen molar-refractivity contribution in [3.8, 4) is 27.6 Å². The number of aryl methyl sites for hydroxylation is 1. The van der Waals surface area contributed by atoms with Crippen LogP contribution in [0.4, 0.5) is 4.39 Å². The van der Waals surface area contributed by atoms with Gasteiger partial charge in [0.25, 0.3) is 0 Å². The molecule has 0 fully saturated rings. The first kappa shape index (κ1) is 16.8. The molecule has 0 amide bonds. The molecule has 0 bridgehead atoms. The Morgan fingerprint density at radius 1 is 1.25 bits per heavy atom. The maximum Gasteiger partial charge on any atom is 0.222 e. The summed E-state index contributed by atoms with van der Waals surface area (Å²) in [5, 5.41) is 1.08. The molecule has 2 aromatic heterocycles. The second-order valence-electron chi connectivity index (χ2n) is 5.07. The number of methoxy groups -OCH3 is 1. The molecule has 7 heteroatoms. The molecule has 1 aromatic carbocycles. The molecular weight excluding hydrogens is 349 g/mol. The Bertz CT molecular complexity index is 869. The van der Waals surface area contributed by atoms with E-state index in [9.17, 15) is 4.39 Å². The summed E-state index contributed by atoms with van der Waals surface area (Å²) in [5.41, 5.74) is 1.57. The minimum atomic E-state index is -0.435. The highest BCUT2D eigenvalue weighted by atomic mass is 35.5. The number of halogens is 2. The van der Waals surface area contributed by atoms with Crippen molar-refractivity contribution in [3.63, 3.8) is 0 Å². The number of aromatic nitrogens is 3. The third-order valence-corrected chi connectivity index (χ3v) is 4.75. The van der Waals surface area contributed by atoms with E-state index in [0.717, 1.165) is 22.7 Å². The fraction of sp³-hybridized carbons (Fsp3) is 0.235. The van der Waals surface area contributed by atoms with Crippen molar-refractivity contribution in [2.45, 2.75) is 19.8 Å². The molecule has 0 aliphatic rings. The monoisotopic (exact) mass is 363 g/mol. The zero-order valence-corrected chi connectivity index (χ0v) is 14.8. The SMILES string of the molecule is CCCc1nc(-c2cccc(OC)c2F)c(-c2ccnc(Cl)n2)s1. The summed E-state index contributed by atoms with van der Waals surface area (Å²) in [7, 11) is 1.44. The molecule has 0 saturated heterocycles. The van der Waals surface area contributed by atoms with Crippen LogP contribution >= 0.6 is 22.9 Å². The molecule has 3 rings (SSSR count). The van der Waals surface area contributed by atoms with Crippen molar-refractivity contribution in [1.82, 2.24) is 15.0 Å². The molecule has 0 radical (unpaired) electrons. The number of ether oxygens (including phenoxy) is 1. The minimum Gasteiger partial charge on any atom is -0.494 e. The van der Waals surface area contributed by atoms with Gasteiger partial charge < -0.3 is 4.74 Å². The second kappa shape index (κ2) is 7.23. The summed E-state index contributed by atoms with van der Waals surface area (Å²) in [4.78, 5) is 13.6. The summed E-state index contributed by atoms with van der Waals surface area (Å²) in [6.07, 6.45) is 3.36. The largest absolute Gasteiger partial charge is 0.494 e. The number of hydrogen-bond donors (Lipinski definition) is 0. The normalized spacial score (nSPS) is 10.8. The lowest BCUT2D eigenvalue weighted by atomic mass is 10.1. The average molecular weight is 364 g/mol. The van der Waals surface area contributed by atoms with Crippen LogP contribution in [0.1, 0.15) is 18.4 Å². The van der Waals surface area contributed by atoms with Crippen LogP contribution in [0.3, 0.4) is 0 Å². The quantitative estimate of drug-likeness (QED) is 0.597. The van der Waals surface area contributed by atoms with Gasteiger partial charge in [0.2, 0.25) is 5.28 Å². The third-order valence-electron chi connectivity index (χ3n) is 3.43. The Labute approximate surface area is 148 Å². The van der Waals surface area contributed by atoms with E-state index in [2.05, 4.69) is 21.9 Å². The van der Waals surface area contributed by atoms with Gasteiger partial charge in [-0.05, 0) is 42.6 Å². The van der Waals surface area contributed by atoms with Gasteiger partial charge in [0.15, 0.2) is 11.6 Å². The molecule has 124 valence electrons. The van der Waals surface area contributed by atoms with Gasteiger partial charge in [0, 0.05) is 11.8 Å². The lowest BCUT2D eigenvalue weighted by Gasteiger charge is -2.07. The highest BCUT2D eigenvalue weighted by molar-refractivity contribution is 7.15. The maximum absolute atomic E-state index is 14.7. The van der Waals surface area contributed by atoms with Crippen molar-refractivity contribution < 1.29 is 9.13 Å². The van der Waals surface area contributed by atoms with Gasteiger partial charge in [-0.25, -0.2) is 19.3 Å². The fourth-order valence-electron chi connectivity index (χ4n) is 2.35. The van der Waals surface area contributed by atoms with E-state index in [1.165, 1.54) is 18.4 Å². The van der Waals surface area contributed by atoms with Crippen LogP contribution < -0.4 is 4.74 Å². The fourth-order valence-corrected chi connectivity index (χ4v) is 3.65. The zero-order valence-electron chi connectivity index (χ0n) is 13.2. The zero-order chi connectivity index (χ0) is 17.1. The Morgan fingerprint density at radius 2 is 2.08 bits per heavy atom. The lowest BCUT2D eigenvalue weighted by Crippen LogP contribution is -1.94. The molecular formula is C17H15ClFN3OS. The molecule has 2 heterocycles.